The standard InChI is InChI=1S/C24H27N5O3/c1-3-27(4-2)15-16-29-20-10-6-5-9-19(20)25-24(29)26-23(31)21-13-12-18(32-21)17-28-14-8-7-11-22(28)30/h5-14H,3-4,15-17H2,1-2H3,(H,25,26,31). The highest BCUT2D eigenvalue weighted by molar-refractivity contribution is 6.02. The van der Waals surface area contributed by atoms with Gasteiger partial charge in [0.25, 0.3) is 11.5 Å². The van der Waals surface area contributed by atoms with E-state index in [2.05, 4.69) is 29.0 Å². The van der Waals surface area contributed by atoms with Crippen molar-refractivity contribution >= 4 is 22.9 Å². The molecule has 0 unspecified atom stereocenters. The number of rotatable bonds is 9. The van der Waals surface area contributed by atoms with E-state index >= 15 is 0 Å². The van der Waals surface area contributed by atoms with E-state index < -0.39 is 0 Å². The minimum atomic E-state index is -0.379. The van der Waals surface area contributed by atoms with Crippen molar-refractivity contribution in [2.45, 2.75) is 26.9 Å². The van der Waals surface area contributed by atoms with Crippen molar-refractivity contribution in [3.63, 3.8) is 0 Å². The van der Waals surface area contributed by atoms with Gasteiger partial charge in [-0.25, -0.2) is 4.98 Å². The predicted molar refractivity (Wildman–Crippen MR) is 124 cm³/mol. The summed E-state index contributed by atoms with van der Waals surface area (Å²) < 4.78 is 9.25. The van der Waals surface area contributed by atoms with Gasteiger partial charge < -0.3 is 18.5 Å². The van der Waals surface area contributed by atoms with Crippen LogP contribution < -0.4 is 10.9 Å². The smallest absolute Gasteiger partial charge is 0.293 e. The fourth-order valence-electron chi connectivity index (χ4n) is 3.69. The van der Waals surface area contributed by atoms with E-state index in [4.69, 9.17) is 4.42 Å². The zero-order valence-corrected chi connectivity index (χ0v) is 18.3. The SMILES string of the molecule is CCN(CC)CCn1c(NC(=O)c2ccc(Cn3ccccc3=O)o2)nc2ccccc21. The Bertz CT molecular complexity index is 1270. The number of amides is 1. The number of carbonyl (C=O) groups excluding carboxylic acids is 1. The molecule has 0 aliphatic carbocycles. The Kier molecular flexibility index (Phi) is 6.51. The van der Waals surface area contributed by atoms with Crippen LogP contribution in [0.15, 0.2) is 70.0 Å². The Morgan fingerprint density at radius 3 is 2.62 bits per heavy atom. The number of likely N-dealkylation sites (N-methyl/N-ethyl adjacent to an activating group) is 1. The second-order valence-electron chi connectivity index (χ2n) is 7.49. The van der Waals surface area contributed by atoms with Crippen molar-refractivity contribution in [1.29, 1.82) is 0 Å². The maximum Gasteiger partial charge on any atom is 0.293 e. The number of nitrogens with one attached hydrogen (secondary N) is 1. The maximum absolute atomic E-state index is 12.9. The van der Waals surface area contributed by atoms with Crippen molar-refractivity contribution in [2.24, 2.45) is 0 Å². The lowest BCUT2D eigenvalue weighted by molar-refractivity contribution is 0.0993. The number of pyridine rings is 1. The van der Waals surface area contributed by atoms with Gasteiger partial charge in [-0.2, -0.15) is 0 Å². The lowest BCUT2D eigenvalue weighted by Crippen LogP contribution is -2.27. The Morgan fingerprint density at radius 1 is 1.06 bits per heavy atom. The van der Waals surface area contributed by atoms with E-state index in [9.17, 15) is 9.59 Å². The summed E-state index contributed by atoms with van der Waals surface area (Å²) in [6.45, 7) is 8.02. The van der Waals surface area contributed by atoms with Crippen molar-refractivity contribution in [1.82, 2.24) is 19.0 Å². The first-order valence-corrected chi connectivity index (χ1v) is 10.8. The number of nitrogens with zero attached hydrogens (tertiary/aromatic N) is 4. The quantitative estimate of drug-likeness (QED) is 0.437. The van der Waals surface area contributed by atoms with Crippen LogP contribution in [0.5, 0.6) is 0 Å². The van der Waals surface area contributed by atoms with Crippen LogP contribution in [-0.2, 0) is 13.1 Å². The van der Waals surface area contributed by atoms with Crippen LogP contribution in [0.25, 0.3) is 11.0 Å². The van der Waals surface area contributed by atoms with Crippen LogP contribution in [0.1, 0.15) is 30.2 Å². The van der Waals surface area contributed by atoms with E-state index in [1.54, 1.807) is 30.5 Å². The van der Waals surface area contributed by atoms with Gasteiger partial charge >= 0.3 is 0 Å². The maximum atomic E-state index is 12.9. The van der Waals surface area contributed by atoms with Gasteiger partial charge in [-0.1, -0.05) is 32.0 Å². The van der Waals surface area contributed by atoms with Gasteiger partial charge in [-0.3, -0.25) is 14.9 Å². The second-order valence-corrected chi connectivity index (χ2v) is 7.49. The molecule has 0 aliphatic rings. The number of para-hydroxylation sites is 2. The average molecular weight is 434 g/mol. The molecular weight excluding hydrogens is 406 g/mol. The molecule has 8 nitrogen and oxygen atoms in total. The number of imidazole rings is 1. The lowest BCUT2D eigenvalue weighted by Gasteiger charge is -2.19. The molecule has 0 spiro atoms. The van der Waals surface area contributed by atoms with Crippen LogP contribution in [0.2, 0.25) is 0 Å². The molecule has 1 N–H and O–H groups in total. The Balaban J connectivity index is 1.53. The van der Waals surface area contributed by atoms with Crippen LogP contribution in [0.3, 0.4) is 0 Å². The molecule has 3 heterocycles. The molecule has 4 rings (SSSR count). The van der Waals surface area contributed by atoms with Gasteiger partial charge in [0.2, 0.25) is 5.95 Å². The number of anilines is 1. The number of carbonyl (C=O) groups is 1. The van der Waals surface area contributed by atoms with Crippen LogP contribution in [0.4, 0.5) is 5.95 Å². The molecule has 0 atom stereocenters. The number of fused-ring (bicyclic) bond motifs is 1. The summed E-state index contributed by atoms with van der Waals surface area (Å²) in [5.41, 5.74) is 1.67. The van der Waals surface area contributed by atoms with Gasteiger partial charge in [-0.05, 0) is 43.4 Å². The fourth-order valence-corrected chi connectivity index (χ4v) is 3.69. The molecule has 0 aliphatic heterocycles. The number of aromatic nitrogens is 3. The molecule has 3 aromatic heterocycles. The highest BCUT2D eigenvalue weighted by Gasteiger charge is 2.17. The largest absolute Gasteiger partial charge is 0.454 e. The van der Waals surface area contributed by atoms with Gasteiger partial charge in [0.05, 0.1) is 17.6 Å². The molecule has 1 amide bonds. The number of benzene rings is 1. The highest BCUT2D eigenvalue weighted by Crippen LogP contribution is 2.21. The summed E-state index contributed by atoms with van der Waals surface area (Å²) in [5, 5.41) is 2.90. The monoisotopic (exact) mass is 433 g/mol. The minimum Gasteiger partial charge on any atom is -0.454 e. The van der Waals surface area contributed by atoms with E-state index in [-0.39, 0.29) is 23.8 Å². The molecular formula is C24H27N5O3. The summed E-state index contributed by atoms with van der Waals surface area (Å²) in [6, 6.07) is 16.1. The third kappa shape index (κ3) is 4.65. The normalized spacial score (nSPS) is 11.3. The average Bonchev–Trinajstić information content (AvgIpc) is 3.41. The molecule has 8 heteroatoms. The third-order valence-electron chi connectivity index (χ3n) is 5.52. The van der Waals surface area contributed by atoms with Crippen molar-refractivity contribution in [2.75, 3.05) is 25.0 Å². The van der Waals surface area contributed by atoms with Crippen LogP contribution in [-0.4, -0.2) is 44.6 Å². The zero-order valence-electron chi connectivity index (χ0n) is 18.3. The molecule has 1 aromatic carbocycles. The fraction of sp³-hybridized carbons (Fsp3) is 0.292. The summed E-state index contributed by atoms with van der Waals surface area (Å²) in [7, 11) is 0. The topological polar surface area (TPSA) is 85.3 Å². The molecule has 0 fully saturated rings. The first kappa shape index (κ1) is 21.6. The molecule has 0 saturated heterocycles. The van der Waals surface area contributed by atoms with Crippen molar-refractivity contribution < 1.29 is 9.21 Å². The molecule has 0 bridgehead atoms. The van der Waals surface area contributed by atoms with Gasteiger partial charge in [0.1, 0.15) is 5.76 Å². The summed E-state index contributed by atoms with van der Waals surface area (Å²) in [6.07, 6.45) is 1.68. The summed E-state index contributed by atoms with van der Waals surface area (Å²) >= 11 is 0. The number of hydrogen-bond acceptors (Lipinski definition) is 5. The molecule has 0 saturated carbocycles. The zero-order chi connectivity index (χ0) is 22.5. The van der Waals surface area contributed by atoms with Gasteiger partial charge in [-0.15, -0.1) is 0 Å². The molecule has 32 heavy (non-hydrogen) atoms. The summed E-state index contributed by atoms with van der Waals surface area (Å²) in [5.74, 6) is 0.807. The first-order valence-electron chi connectivity index (χ1n) is 10.8. The number of furan rings is 1. The third-order valence-corrected chi connectivity index (χ3v) is 5.52. The van der Waals surface area contributed by atoms with Crippen LogP contribution in [0, 0.1) is 0 Å². The van der Waals surface area contributed by atoms with E-state index in [1.165, 1.54) is 10.6 Å². The van der Waals surface area contributed by atoms with Crippen molar-refractivity contribution in [3.05, 3.63) is 82.7 Å². The lowest BCUT2D eigenvalue weighted by atomic mass is 10.3. The first-order chi connectivity index (χ1) is 15.6. The van der Waals surface area contributed by atoms with E-state index in [0.717, 1.165) is 30.7 Å². The molecule has 166 valence electrons. The van der Waals surface area contributed by atoms with E-state index in [1.807, 2.05) is 28.8 Å². The highest BCUT2D eigenvalue weighted by atomic mass is 16.4. The summed E-state index contributed by atoms with van der Waals surface area (Å²) in [4.78, 5) is 31.7. The Morgan fingerprint density at radius 2 is 1.84 bits per heavy atom. The Labute approximate surface area is 186 Å². The van der Waals surface area contributed by atoms with Gasteiger partial charge in [0.15, 0.2) is 5.76 Å². The van der Waals surface area contributed by atoms with E-state index in [0.29, 0.717) is 18.3 Å². The van der Waals surface area contributed by atoms with Gasteiger partial charge in [0, 0.05) is 25.4 Å². The van der Waals surface area contributed by atoms with Crippen molar-refractivity contribution in [3.8, 4) is 0 Å². The number of hydrogen-bond donors (Lipinski definition) is 1. The minimum absolute atomic E-state index is 0.128. The molecule has 0 radical (unpaired) electrons. The Hall–Kier alpha value is -3.65. The molecule has 4 aromatic rings. The second kappa shape index (κ2) is 9.65. The predicted octanol–water partition coefficient (Wildman–Crippen LogP) is 3.43. The van der Waals surface area contributed by atoms with Crippen LogP contribution >= 0.6 is 0 Å².